The molecule has 0 saturated heterocycles. The number of hydrogen-bond acceptors (Lipinski definition) is 2. The first kappa shape index (κ1) is 10.3. The van der Waals surface area contributed by atoms with E-state index >= 15 is 0 Å². The van der Waals surface area contributed by atoms with Crippen molar-refractivity contribution >= 4 is 5.91 Å². The molecule has 0 heterocycles. The van der Waals surface area contributed by atoms with Gasteiger partial charge in [0.25, 0.3) is 0 Å². The van der Waals surface area contributed by atoms with E-state index < -0.39 is 6.10 Å². The molecule has 0 spiro atoms. The third kappa shape index (κ3) is 2.56. The minimum atomic E-state index is -0.441. The number of amides is 1. The maximum atomic E-state index is 10.8. The third-order valence-electron chi connectivity index (χ3n) is 2.43. The van der Waals surface area contributed by atoms with Gasteiger partial charge in [-0.15, -0.1) is 0 Å². The van der Waals surface area contributed by atoms with Crippen molar-refractivity contribution in [3.05, 3.63) is 11.6 Å². The number of aliphatic hydroxyl groups is 1. The van der Waals surface area contributed by atoms with Crippen LogP contribution in [0.25, 0.3) is 0 Å². The lowest BCUT2D eigenvalue weighted by Gasteiger charge is -2.32. The third-order valence-corrected chi connectivity index (χ3v) is 2.43. The first-order chi connectivity index (χ1) is 6.00. The van der Waals surface area contributed by atoms with Crippen molar-refractivity contribution in [2.45, 2.75) is 39.3 Å². The minimum Gasteiger partial charge on any atom is -0.391 e. The number of nitrogens with one attached hydrogen (secondary N) is 1. The van der Waals surface area contributed by atoms with Gasteiger partial charge in [0.05, 0.1) is 12.1 Å². The van der Waals surface area contributed by atoms with Crippen molar-refractivity contribution in [1.29, 1.82) is 0 Å². The highest BCUT2D eigenvalue weighted by Crippen LogP contribution is 2.23. The van der Waals surface area contributed by atoms with Crippen LogP contribution in [0.2, 0.25) is 0 Å². The van der Waals surface area contributed by atoms with E-state index in [1.165, 1.54) is 12.5 Å². The second kappa shape index (κ2) is 3.92. The molecule has 1 amide bonds. The molecule has 0 bridgehead atoms. The molecule has 0 saturated carbocycles. The topological polar surface area (TPSA) is 49.3 Å². The lowest BCUT2D eigenvalue weighted by molar-refractivity contribution is -0.121. The van der Waals surface area contributed by atoms with Gasteiger partial charge in [-0.3, -0.25) is 4.79 Å². The Labute approximate surface area is 78.8 Å². The number of aliphatic hydroxyl groups excluding tert-OH is 1. The fraction of sp³-hybridized carbons (Fsp3) is 0.700. The summed E-state index contributed by atoms with van der Waals surface area (Å²) in [6.45, 7) is 5.49. The molecule has 0 aromatic heterocycles. The SMILES string of the molecule is CC(=O)N[C@H]1[C@H](O)CC(C)=C[C@@H]1C. The van der Waals surface area contributed by atoms with Gasteiger partial charge in [-0.1, -0.05) is 18.6 Å². The highest BCUT2D eigenvalue weighted by molar-refractivity contribution is 5.73. The van der Waals surface area contributed by atoms with Crippen LogP contribution in [0.3, 0.4) is 0 Å². The Hall–Kier alpha value is -0.830. The van der Waals surface area contributed by atoms with Gasteiger partial charge in [0.2, 0.25) is 5.91 Å². The Morgan fingerprint density at radius 2 is 2.31 bits per heavy atom. The van der Waals surface area contributed by atoms with Crippen molar-refractivity contribution in [2.24, 2.45) is 5.92 Å². The summed E-state index contributed by atoms with van der Waals surface area (Å²) in [6.07, 6.45) is 2.33. The van der Waals surface area contributed by atoms with E-state index in [9.17, 15) is 9.90 Å². The number of carbonyl (C=O) groups excluding carboxylic acids is 1. The smallest absolute Gasteiger partial charge is 0.217 e. The van der Waals surface area contributed by atoms with Gasteiger partial charge < -0.3 is 10.4 Å². The fourth-order valence-corrected chi connectivity index (χ4v) is 1.89. The Kier molecular flexibility index (Phi) is 3.09. The summed E-state index contributed by atoms with van der Waals surface area (Å²) in [4.78, 5) is 10.8. The molecule has 3 heteroatoms. The molecule has 1 aliphatic rings. The molecule has 1 aliphatic carbocycles. The largest absolute Gasteiger partial charge is 0.391 e. The summed E-state index contributed by atoms with van der Waals surface area (Å²) in [5, 5.41) is 12.5. The predicted octanol–water partition coefficient (Wildman–Crippen LogP) is 0.838. The Balaban J connectivity index is 2.68. The fourth-order valence-electron chi connectivity index (χ4n) is 1.89. The van der Waals surface area contributed by atoms with E-state index in [-0.39, 0.29) is 17.9 Å². The maximum Gasteiger partial charge on any atom is 0.217 e. The molecule has 0 fully saturated rings. The molecule has 3 atom stereocenters. The highest BCUT2D eigenvalue weighted by atomic mass is 16.3. The van der Waals surface area contributed by atoms with Crippen molar-refractivity contribution in [3.63, 3.8) is 0 Å². The maximum absolute atomic E-state index is 10.8. The zero-order chi connectivity index (χ0) is 10.0. The van der Waals surface area contributed by atoms with Crippen molar-refractivity contribution < 1.29 is 9.90 Å². The zero-order valence-corrected chi connectivity index (χ0v) is 8.37. The summed E-state index contributed by atoms with van der Waals surface area (Å²) in [5.74, 6) is 0.136. The van der Waals surface area contributed by atoms with E-state index in [1.54, 1.807) is 0 Å². The minimum absolute atomic E-state index is 0.0798. The van der Waals surface area contributed by atoms with Gasteiger partial charge in [0.1, 0.15) is 0 Å². The van der Waals surface area contributed by atoms with Crippen LogP contribution < -0.4 is 5.32 Å². The van der Waals surface area contributed by atoms with Gasteiger partial charge in [-0.05, 0) is 19.3 Å². The van der Waals surface area contributed by atoms with Crippen LogP contribution in [-0.2, 0) is 4.79 Å². The van der Waals surface area contributed by atoms with Gasteiger partial charge in [0.15, 0.2) is 0 Å². The number of carbonyl (C=O) groups is 1. The van der Waals surface area contributed by atoms with E-state index in [0.29, 0.717) is 6.42 Å². The van der Waals surface area contributed by atoms with Gasteiger partial charge in [-0.25, -0.2) is 0 Å². The summed E-state index contributed by atoms with van der Waals surface area (Å²) in [5.41, 5.74) is 1.20. The van der Waals surface area contributed by atoms with Gasteiger partial charge in [-0.2, -0.15) is 0 Å². The van der Waals surface area contributed by atoms with E-state index in [2.05, 4.69) is 11.4 Å². The van der Waals surface area contributed by atoms with Crippen molar-refractivity contribution in [1.82, 2.24) is 5.32 Å². The average molecular weight is 183 g/mol. The molecule has 3 nitrogen and oxygen atoms in total. The second-order valence-electron chi connectivity index (χ2n) is 3.87. The van der Waals surface area contributed by atoms with E-state index in [4.69, 9.17) is 0 Å². The summed E-state index contributed by atoms with van der Waals surface area (Å²) < 4.78 is 0. The summed E-state index contributed by atoms with van der Waals surface area (Å²) in [6, 6.07) is -0.124. The highest BCUT2D eigenvalue weighted by Gasteiger charge is 2.28. The summed E-state index contributed by atoms with van der Waals surface area (Å²) >= 11 is 0. The standard InChI is InChI=1S/C10H17NO2/c1-6-4-7(2)10(9(13)5-6)11-8(3)12/h4,7,9-10,13H,5H2,1-3H3,(H,11,12)/t7-,9+,10+/m0/s1. The van der Waals surface area contributed by atoms with Crippen molar-refractivity contribution in [3.8, 4) is 0 Å². The lowest BCUT2D eigenvalue weighted by atomic mass is 9.85. The van der Waals surface area contributed by atoms with Crippen LogP contribution >= 0.6 is 0 Å². The second-order valence-corrected chi connectivity index (χ2v) is 3.87. The van der Waals surface area contributed by atoms with E-state index in [1.807, 2.05) is 13.8 Å². The Bertz CT molecular complexity index is 235. The molecule has 0 unspecified atom stereocenters. The monoisotopic (exact) mass is 183 g/mol. The van der Waals surface area contributed by atoms with Crippen LogP contribution in [0.1, 0.15) is 27.2 Å². The molecule has 0 aromatic rings. The predicted molar refractivity (Wildman–Crippen MR) is 51.1 cm³/mol. The number of hydrogen-bond donors (Lipinski definition) is 2. The average Bonchev–Trinajstić information content (AvgIpc) is 1.96. The first-order valence-corrected chi connectivity index (χ1v) is 4.63. The molecule has 0 aromatic carbocycles. The molecule has 74 valence electrons. The van der Waals surface area contributed by atoms with Crippen LogP contribution in [0.15, 0.2) is 11.6 Å². The molecule has 0 radical (unpaired) electrons. The summed E-state index contributed by atoms with van der Waals surface area (Å²) in [7, 11) is 0. The Morgan fingerprint density at radius 1 is 1.69 bits per heavy atom. The van der Waals surface area contributed by atoms with Crippen LogP contribution in [0.4, 0.5) is 0 Å². The van der Waals surface area contributed by atoms with Crippen molar-refractivity contribution in [2.75, 3.05) is 0 Å². The number of rotatable bonds is 1. The quantitative estimate of drug-likeness (QED) is 0.592. The zero-order valence-electron chi connectivity index (χ0n) is 8.37. The lowest BCUT2D eigenvalue weighted by Crippen LogP contribution is -2.48. The van der Waals surface area contributed by atoms with Crippen LogP contribution in [-0.4, -0.2) is 23.2 Å². The molecule has 0 aliphatic heterocycles. The van der Waals surface area contributed by atoms with Gasteiger partial charge >= 0.3 is 0 Å². The van der Waals surface area contributed by atoms with Gasteiger partial charge in [0, 0.05) is 6.92 Å². The van der Waals surface area contributed by atoms with E-state index in [0.717, 1.165) is 0 Å². The first-order valence-electron chi connectivity index (χ1n) is 4.63. The normalized spacial score (nSPS) is 33.8. The Morgan fingerprint density at radius 3 is 2.77 bits per heavy atom. The molecule has 13 heavy (non-hydrogen) atoms. The molecular formula is C10H17NO2. The van der Waals surface area contributed by atoms with Crippen LogP contribution in [0.5, 0.6) is 0 Å². The van der Waals surface area contributed by atoms with Crippen LogP contribution in [0, 0.1) is 5.92 Å². The molecule has 2 N–H and O–H groups in total. The molecular weight excluding hydrogens is 166 g/mol. The molecule has 1 rings (SSSR count).